The smallest absolute Gasteiger partial charge is 0.0346 e. The van der Waals surface area contributed by atoms with Gasteiger partial charge in [0.05, 0.1) is 0 Å². The monoisotopic (exact) mass is 259 g/mol. The maximum atomic E-state index is 3.57. The molecule has 1 aromatic carbocycles. The van der Waals surface area contributed by atoms with Crippen LogP contribution in [0.3, 0.4) is 0 Å². The van der Waals surface area contributed by atoms with Gasteiger partial charge in [0.1, 0.15) is 0 Å². The van der Waals surface area contributed by atoms with Gasteiger partial charge in [-0.1, -0.05) is 57.4 Å². The van der Waals surface area contributed by atoms with Crippen molar-refractivity contribution in [2.24, 2.45) is 11.8 Å². The number of hydrogen-bond acceptors (Lipinski definition) is 1. The summed E-state index contributed by atoms with van der Waals surface area (Å²) in [6, 6.07) is 9.70. The van der Waals surface area contributed by atoms with Crippen LogP contribution in [0.4, 0.5) is 0 Å². The van der Waals surface area contributed by atoms with Gasteiger partial charge in [-0.3, -0.25) is 0 Å². The standard InChI is InChI=1S/C18H29N/c1-4-14-9-11-16(12-10-14)18(19-3)17-8-6-7-15(5-2)13-17/h6-8,13-14,16,18-19H,4-5,9-12H2,1-3H3. The molecule has 1 atom stereocenters. The predicted octanol–water partition coefficient (Wildman–Crippen LogP) is 4.73. The van der Waals surface area contributed by atoms with Gasteiger partial charge >= 0.3 is 0 Å². The van der Waals surface area contributed by atoms with E-state index in [0.29, 0.717) is 6.04 Å². The third-order valence-corrected chi connectivity index (χ3v) is 4.97. The minimum atomic E-state index is 0.546. The van der Waals surface area contributed by atoms with Crippen LogP contribution in [0.15, 0.2) is 24.3 Å². The molecule has 1 saturated carbocycles. The molecule has 1 nitrogen and oxygen atoms in total. The Hall–Kier alpha value is -0.820. The Morgan fingerprint density at radius 2 is 1.89 bits per heavy atom. The largest absolute Gasteiger partial charge is 0.313 e. The van der Waals surface area contributed by atoms with Crippen molar-refractivity contribution in [2.45, 2.75) is 58.4 Å². The SMILES string of the molecule is CCc1cccc(C(NC)C2CCC(CC)CC2)c1. The van der Waals surface area contributed by atoms with E-state index in [4.69, 9.17) is 0 Å². The van der Waals surface area contributed by atoms with Crippen molar-refractivity contribution in [2.75, 3.05) is 7.05 Å². The molecule has 1 aromatic rings. The predicted molar refractivity (Wildman–Crippen MR) is 83.4 cm³/mol. The van der Waals surface area contributed by atoms with Gasteiger partial charge in [0.25, 0.3) is 0 Å². The van der Waals surface area contributed by atoms with Crippen LogP contribution in [0.1, 0.15) is 63.1 Å². The zero-order valence-electron chi connectivity index (χ0n) is 12.8. The van der Waals surface area contributed by atoms with E-state index in [-0.39, 0.29) is 0 Å². The highest BCUT2D eigenvalue weighted by molar-refractivity contribution is 5.26. The van der Waals surface area contributed by atoms with E-state index >= 15 is 0 Å². The fraction of sp³-hybridized carbons (Fsp3) is 0.667. The molecule has 1 unspecified atom stereocenters. The number of rotatable bonds is 5. The zero-order chi connectivity index (χ0) is 13.7. The molecular formula is C18H29N. The molecule has 0 spiro atoms. The van der Waals surface area contributed by atoms with Gasteiger partial charge in [-0.25, -0.2) is 0 Å². The third-order valence-electron chi connectivity index (χ3n) is 4.97. The van der Waals surface area contributed by atoms with Gasteiger partial charge in [-0.2, -0.15) is 0 Å². The molecule has 19 heavy (non-hydrogen) atoms. The van der Waals surface area contributed by atoms with Crippen molar-refractivity contribution in [1.29, 1.82) is 0 Å². The Kier molecular flexibility index (Phi) is 5.45. The lowest BCUT2D eigenvalue weighted by Crippen LogP contribution is -2.28. The van der Waals surface area contributed by atoms with Crippen molar-refractivity contribution >= 4 is 0 Å². The highest BCUT2D eigenvalue weighted by Crippen LogP contribution is 2.37. The highest BCUT2D eigenvalue weighted by atomic mass is 14.9. The highest BCUT2D eigenvalue weighted by Gasteiger charge is 2.27. The summed E-state index contributed by atoms with van der Waals surface area (Å²) in [4.78, 5) is 0. The van der Waals surface area contributed by atoms with Gasteiger partial charge in [-0.15, -0.1) is 0 Å². The summed E-state index contributed by atoms with van der Waals surface area (Å²) >= 11 is 0. The molecule has 1 fully saturated rings. The first-order chi connectivity index (χ1) is 9.28. The van der Waals surface area contributed by atoms with Gasteiger partial charge < -0.3 is 5.32 Å². The van der Waals surface area contributed by atoms with E-state index in [0.717, 1.165) is 18.3 Å². The Balaban J connectivity index is 2.07. The number of aryl methyl sites for hydroxylation is 1. The third kappa shape index (κ3) is 3.60. The summed E-state index contributed by atoms with van der Waals surface area (Å²) in [5, 5.41) is 3.57. The quantitative estimate of drug-likeness (QED) is 0.806. The van der Waals surface area contributed by atoms with E-state index < -0.39 is 0 Å². The molecule has 1 N–H and O–H groups in total. The number of benzene rings is 1. The van der Waals surface area contributed by atoms with E-state index in [9.17, 15) is 0 Å². The van der Waals surface area contributed by atoms with Crippen LogP contribution in [0.2, 0.25) is 0 Å². The fourth-order valence-corrected chi connectivity index (χ4v) is 3.61. The average molecular weight is 259 g/mol. The topological polar surface area (TPSA) is 12.0 Å². The van der Waals surface area contributed by atoms with Crippen molar-refractivity contribution in [3.05, 3.63) is 35.4 Å². The Bertz CT molecular complexity index is 377. The average Bonchev–Trinajstić information content (AvgIpc) is 2.49. The lowest BCUT2D eigenvalue weighted by Gasteiger charge is -2.34. The molecule has 2 rings (SSSR count). The molecule has 0 amide bonds. The molecule has 1 aliphatic carbocycles. The Morgan fingerprint density at radius 1 is 1.16 bits per heavy atom. The van der Waals surface area contributed by atoms with Crippen LogP contribution in [-0.4, -0.2) is 7.05 Å². The lowest BCUT2D eigenvalue weighted by atomic mass is 9.76. The summed E-state index contributed by atoms with van der Waals surface area (Å²) in [6.07, 6.45) is 8.12. The minimum Gasteiger partial charge on any atom is -0.313 e. The summed E-state index contributed by atoms with van der Waals surface area (Å²) in [7, 11) is 2.12. The van der Waals surface area contributed by atoms with Gasteiger partial charge in [0.2, 0.25) is 0 Å². The van der Waals surface area contributed by atoms with Crippen LogP contribution in [0.5, 0.6) is 0 Å². The van der Waals surface area contributed by atoms with Gasteiger partial charge in [-0.05, 0) is 49.3 Å². The van der Waals surface area contributed by atoms with E-state index in [1.54, 1.807) is 0 Å². The Morgan fingerprint density at radius 3 is 2.47 bits per heavy atom. The maximum absolute atomic E-state index is 3.57. The van der Waals surface area contributed by atoms with Crippen molar-refractivity contribution in [3.63, 3.8) is 0 Å². The molecule has 0 radical (unpaired) electrons. The van der Waals surface area contributed by atoms with E-state index in [2.05, 4.69) is 50.5 Å². The molecule has 0 saturated heterocycles. The van der Waals surface area contributed by atoms with Crippen LogP contribution in [0, 0.1) is 11.8 Å². The number of hydrogen-bond donors (Lipinski definition) is 1. The van der Waals surface area contributed by atoms with Gasteiger partial charge in [0.15, 0.2) is 0 Å². The second kappa shape index (κ2) is 7.09. The molecular weight excluding hydrogens is 230 g/mol. The molecule has 0 bridgehead atoms. The molecule has 0 aliphatic heterocycles. The molecule has 106 valence electrons. The normalized spacial score (nSPS) is 25.2. The first-order valence-corrected chi connectivity index (χ1v) is 8.04. The van der Waals surface area contributed by atoms with E-state index in [1.807, 2.05) is 0 Å². The summed E-state index contributed by atoms with van der Waals surface area (Å²) in [6.45, 7) is 4.57. The number of nitrogens with one attached hydrogen (secondary N) is 1. The summed E-state index contributed by atoms with van der Waals surface area (Å²) in [5.74, 6) is 1.80. The molecule has 0 aromatic heterocycles. The second-order valence-corrected chi connectivity index (χ2v) is 6.05. The molecule has 1 aliphatic rings. The van der Waals surface area contributed by atoms with Crippen LogP contribution >= 0.6 is 0 Å². The fourth-order valence-electron chi connectivity index (χ4n) is 3.61. The molecule has 1 heteroatoms. The maximum Gasteiger partial charge on any atom is 0.0346 e. The van der Waals surface area contributed by atoms with Crippen LogP contribution in [0.25, 0.3) is 0 Å². The minimum absolute atomic E-state index is 0.546. The first kappa shape index (κ1) is 14.6. The first-order valence-electron chi connectivity index (χ1n) is 8.04. The van der Waals surface area contributed by atoms with E-state index in [1.165, 1.54) is 43.2 Å². The lowest BCUT2D eigenvalue weighted by molar-refractivity contribution is 0.224. The van der Waals surface area contributed by atoms with Crippen LogP contribution < -0.4 is 5.32 Å². The molecule has 0 heterocycles. The van der Waals surface area contributed by atoms with Crippen molar-refractivity contribution < 1.29 is 0 Å². The van der Waals surface area contributed by atoms with Crippen molar-refractivity contribution in [1.82, 2.24) is 5.32 Å². The van der Waals surface area contributed by atoms with Crippen molar-refractivity contribution in [3.8, 4) is 0 Å². The second-order valence-electron chi connectivity index (χ2n) is 6.05. The summed E-state index contributed by atoms with van der Waals surface area (Å²) in [5.41, 5.74) is 2.95. The van der Waals surface area contributed by atoms with Crippen LogP contribution in [-0.2, 0) is 6.42 Å². The summed E-state index contributed by atoms with van der Waals surface area (Å²) < 4.78 is 0. The zero-order valence-corrected chi connectivity index (χ0v) is 12.8. The Labute approximate surface area is 118 Å². The van der Waals surface area contributed by atoms with Gasteiger partial charge in [0, 0.05) is 6.04 Å².